The molecule has 3 aromatic rings. The van der Waals surface area contributed by atoms with Crippen LogP contribution in [0.25, 0.3) is 10.9 Å². The van der Waals surface area contributed by atoms with Crippen molar-refractivity contribution in [3.63, 3.8) is 0 Å². The fourth-order valence-corrected chi connectivity index (χ4v) is 2.65. The van der Waals surface area contributed by atoms with E-state index in [0.717, 1.165) is 12.3 Å². The van der Waals surface area contributed by atoms with Gasteiger partial charge in [-0.2, -0.15) is 0 Å². The summed E-state index contributed by atoms with van der Waals surface area (Å²) in [6.45, 7) is 5.89. The molecule has 0 radical (unpaired) electrons. The van der Waals surface area contributed by atoms with Crippen LogP contribution in [-0.4, -0.2) is 4.57 Å². The van der Waals surface area contributed by atoms with Crippen LogP contribution in [0.1, 0.15) is 18.2 Å². The Labute approximate surface area is 119 Å². The Kier molecular flexibility index (Phi) is 3.46. The number of fused-ring (bicyclic) bond motifs is 1. The third-order valence-corrected chi connectivity index (χ3v) is 3.70. The van der Waals surface area contributed by atoms with E-state index in [1.54, 1.807) is 0 Å². The molecule has 3 rings (SSSR count). The highest BCUT2D eigenvalue weighted by Crippen LogP contribution is 2.24. The van der Waals surface area contributed by atoms with Crippen LogP contribution < -0.4 is 4.74 Å². The van der Waals surface area contributed by atoms with Crippen LogP contribution in [0, 0.1) is 6.92 Å². The molecule has 0 saturated heterocycles. The lowest BCUT2D eigenvalue weighted by atomic mass is 10.1. The molecule has 20 heavy (non-hydrogen) atoms. The van der Waals surface area contributed by atoms with E-state index in [1.165, 1.54) is 22.2 Å². The monoisotopic (exact) mass is 265 g/mol. The maximum atomic E-state index is 5.88. The van der Waals surface area contributed by atoms with Crippen LogP contribution in [0.2, 0.25) is 0 Å². The maximum Gasteiger partial charge on any atom is 0.128 e. The molecule has 0 aliphatic carbocycles. The van der Waals surface area contributed by atoms with E-state index in [9.17, 15) is 0 Å². The molecule has 1 heterocycles. The van der Waals surface area contributed by atoms with Gasteiger partial charge in [0.2, 0.25) is 0 Å². The van der Waals surface area contributed by atoms with Crippen molar-refractivity contribution in [2.24, 2.45) is 0 Å². The number of aryl methyl sites for hydroxylation is 2. The van der Waals surface area contributed by atoms with Gasteiger partial charge in [0.15, 0.2) is 0 Å². The number of ether oxygens (including phenoxy) is 1. The van der Waals surface area contributed by atoms with E-state index in [-0.39, 0.29) is 0 Å². The zero-order chi connectivity index (χ0) is 13.9. The molecule has 102 valence electrons. The quantitative estimate of drug-likeness (QED) is 0.675. The largest absolute Gasteiger partial charge is 0.487 e. The first-order valence-corrected chi connectivity index (χ1v) is 7.05. The Morgan fingerprint density at radius 3 is 2.55 bits per heavy atom. The number of para-hydroxylation sites is 1. The first kappa shape index (κ1) is 12.8. The summed E-state index contributed by atoms with van der Waals surface area (Å²) in [5, 5.41) is 1.32. The Balaban J connectivity index is 1.93. The van der Waals surface area contributed by atoms with Gasteiger partial charge in [0, 0.05) is 17.4 Å². The molecule has 0 aliphatic rings. The lowest BCUT2D eigenvalue weighted by Crippen LogP contribution is -2.04. The van der Waals surface area contributed by atoms with Crippen molar-refractivity contribution in [1.29, 1.82) is 0 Å². The van der Waals surface area contributed by atoms with Gasteiger partial charge in [0.1, 0.15) is 12.4 Å². The molecule has 0 spiro atoms. The smallest absolute Gasteiger partial charge is 0.128 e. The Bertz CT molecular complexity index is 713. The summed E-state index contributed by atoms with van der Waals surface area (Å²) in [5.74, 6) is 0.914. The zero-order valence-electron chi connectivity index (χ0n) is 12.0. The standard InChI is InChI=1S/C18H19NO/c1-3-19-15(13-20-16-9-5-4-6-10-16)12-17-14(2)8-7-11-18(17)19/h4-12H,3,13H2,1-2H3. The highest BCUT2D eigenvalue weighted by atomic mass is 16.5. The molecule has 0 N–H and O–H groups in total. The Hall–Kier alpha value is -2.22. The van der Waals surface area contributed by atoms with E-state index >= 15 is 0 Å². The van der Waals surface area contributed by atoms with E-state index < -0.39 is 0 Å². The van der Waals surface area contributed by atoms with Gasteiger partial charge in [-0.05, 0) is 43.7 Å². The lowest BCUT2D eigenvalue weighted by molar-refractivity contribution is 0.296. The SMILES string of the molecule is CCn1c(COc2ccccc2)cc2c(C)cccc21. The molecule has 2 heteroatoms. The van der Waals surface area contributed by atoms with Gasteiger partial charge in [-0.3, -0.25) is 0 Å². The predicted octanol–water partition coefficient (Wildman–Crippen LogP) is 4.55. The van der Waals surface area contributed by atoms with Crippen molar-refractivity contribution >= 4 is 10.9 Å². The molecule has 0 fully saturated rings. The number of hydrogen-bond donors (Lipinski definition) is 0. The van der Waals surface area contributed by atoms with Gasteiger partial charge in [-0.15, -0.1) is 0 Å². The third kappa shape index (κ3) is 2.29. The number of benzene rings is 2. The summed E-state index contributed by atoms with van der Waals surface area (Å²) >= 11 is 0. The second-order valence-corrected chi connectivity index (χ2v) is 4.99. The van der Waals surface area contributed by atoms with E-state index in [1.807, 2.05) is 30.3 Å². The number of aromatic nitrogens is 1. The summed E-state index contributed by atoms with van der Waals surface area (Å²) in [4.78, 5) is 0. The Morgan fingerprint density at radius 1 is 1.00 bits per heavy atom. The predicted molar refractivity (Wildman–Crippen MR) is 83.1 cm³/mol. The second kappa shape index (κ2) is 5.41. The maximum absolute atomic E-state index is 5.88. The van der Waals surface area contributed by atoms with Crippen LogP contribution in [0.3, 0.4) is 0 Å². The van der Waals surface area contributed by atoms with Gasteiger partial charge in [-0.25, -0.2) is 0 Å². The highest BCUT2D eigenvalue weighted by molar-refractivity contribution is 5.84. The molecule has 0 bridgehead atoms. The summed E-state index contributed by atoms with van der Waals surface area (Å²) in [7, 11) is 0. The summed E-state index contributed by atoms with van der Waals surface area (Å²) in [5.41, 5.74) is 3.83. The van der Waals surface area contributed by atoms with E-state index in [0.29, 0.717) is 6.61 Å². The minimum absolute atomic E-state index is 0.603. The van der Waals surface area contributed by atoms with E-state index in [2.05, 4.69) is 42.7 Å². The van der Waals surface area contributed by atoms with Crippen molar-refractivity contribution in [2.45, 2.75) is 27.0 Å². The van der Waals surface area contributed by atoms with Crippen LogP contribution in [0.15, 0.2) is 54.6 Å². The molecule has 0 aliphatic heterocycles. The summed E-state index contributed by atoms with van der Waals surface area (Å²) < 4.78 is 8.21. The summed E-state index contributed by atoms with van der Waals surface area (Å²) in [6.07, 6.45) is 0. The normalized spacial score (nSPS) is 10.9. The molecule has 0 atom stereocenters. The lowest BCUT2D eigenvalue weighted by Gasteiger charge is -2.09. The first-order valence-electron chi connectivity index (χ1n) is 7.05. The molecule has 0 unspecified atom stereocenters. The van der Waals surface area contributed by atoms with Crippen LogP contribution in [0.4, 0.5) is 0 Å². The average Bonchev–Trinajstić information content (AvgIpc) is 2.85. The topological polar surface area (TPSA) is 14.2 Å². The van der Waals surface area contributed by atoms with Crippen LogP contribution in [-0.2, 0) is 13.2 Å². The van der Waals surface area contributed by atoms with Crippen molar-refractivity contribution in [2.75, 3.05) is 0 Å². The number of rotatable bonds is 4. The van der Waals surface area contributed by atoms with Gasteiger partial charge < -0.3 is 9.30 Å². The molecule has 2 nitrogen and oxygen atoms in total. The fourth-order valence-electron chi connectivity index (χ4n) is 2.65. The zero-order valence-corrected chi connectivity index (χ0v) is 12.0. The minimum Gasteiger partial charge on any atom is -0.487 e. The average molecular weight is 265 g/mol. The third-order valence-electron chi connectivity index (χ3n) is 3.70. The van der Waals surface area contributed by atoms with Crippen molar-refractivity contribution in [3.8, 4) is 5.75 Å². The van der Waals surface area contributed by atoms with Gasteiger partial charge in [0.25, 0.3) is 0 Å². The minimum atomic E-state index is 0.603. The molecular formula is C18H19NO. The van der Waals surface area contributed by atoms with Crippen molar-refractivity contribution < 1.29 is 4.74 Å². The van der Waals surface area contributed by atoms with Crippen molar-refractivity contribution in [3.05, 3.63) is 65.9 Å². The Morgan fingerprint density at radius 2 is 1.80 bits per heavy atom. The second-order valence-electron chi connectivity index (χ2n) is 4.99. The first-order chi connectivity index (χ1) is 9.79. The van der Waals surface area contributed by atoms with Gasteiger partial charge in [0.05, 0.1) is 5.69 Å². The van der Waals surface area contributed by atoms with Crippen LogP contribution >= 0.6 is 0 Å². The van der Waals surface area contributed by atoms with Crippen LogP contribution in [0.5, 0.6) is 5.75 Å². The molecular weight excluding hydrogens is 246 g/mol. The van der Waals surface area contributed by atoms with Crippen molar-refractivity contribution in [1.82, 2.24) is 4.57 Å². The molecule has 0 amide bonds. The summed E-state index contributed by atoms with van der Waals surface area (Å²) in [6, 6.07) is 18.7. The highest BCUT2D eigenvalue weighted by Gasteiger charge is 2.09. The van der Waals surface area contributed by atoms with E-state index in [4.69, 9.17) is 4.74 Å². The number of nitrogens with zero attached hydrogens (tertiary/aromatic N) is 1. The number of hydrogen-bond acceptors (Lipinski definition) is 1. The molecule has 1 aromatic heterocycles. The van der Waals surface area contributed by atoms with Gasteiger partial charge in [-0.1, -0.05) is 30.3 Å². The fraction of sp³-hybridized carbons (Fsp3) is 0.222. The molecule has 2 aromatic carbocycles. The van der Waals surface area contributed by atoms with Gasteiger partial charge >= 0.3 is 0 Å². The molecule has 0 saturated carbocycles.